The molecule has 0 saturated carbocycles. The largest absolute Gasteiger partial charge is 0.396 e. The van der Waals surface area contributed by atoms with Gasteiger partial charge in [-0.2, -0.15) is 0 Å². The Morgan fingerprint density at radius 3 is 2.56 bits per heavy atom. The summed E-state index contributed by atoms with van der Waals surface area (Å²) in [7, 11) is -3.84. The molecule has 1 rings (SSSR count). The third kappa shape index (κ3) is 3.66. The third-order valence-corrected chi connectivity index (χ3v) is 4.13. The second kappa shape index (κ2) is 5.21. The SMILES string of the molecule is CC(C)(CCO)NS(=O)(=O)c1ccc(N)c(F)c1. The molecule has 1 aromatic rings. The Morgan fingerprint density at radius 2 is 2.06 bits per heavy atom. The molecule has 18 heavy (non-hydrogen) atoms. The number of aliphatic hydroxyl groups is 1. The summed E-state index contributed by atoms with van der Waals surface area (Å²) >= 11 is 0. The van der Waals surface area contributed by atoms with Gasteiger partial charge in [0.05, 0.1) is 10.6 Å². The Morgan fingerprint density at radius 1 is 1.44 bits per heavy atom. The van der Waals surface area contributed by atoms with E-state index >= 15 is 0 Å². The smallest absolute Gasteiger partial charge is 0.241 e. The second-order valence-electron chi connectivity index (χ2n) is 4.65. The lowest BCUT2D eigenvalue weighted by Crippen LogP contribution is -2.43. The molecule has 0 aliphatic heterocycles. The summed E-state index contributed by atoms with van der Waals surface area (Å²) in [5.41, 5.74) is 4.36. The minimum Gasteiger partial charge on any atom is -0.396 e. The number of benzene rings is 1. The van der Waals surface area contributed by atoms with Crippen molar-refractivity contribution in [1.82, 2.24) is 4.72 Å². The van der Waals surface area contributed by atoms with Crippen LogP contribution in [0, 0.1) is 5.82 Å². The van der Waals surface area contributed by atoms with Crippen LogP contribution in [-0.2, 0) is 10.0 Å². The van der Waals surface area contributed by atoms with Gasteiger partial charge in [0.15, 0.2) is 0 Å². The summed E-state index contributed by atoms with van der Waals surface area (Å²) in [6, 6.07) is 3.30. The maximum Gasteiger partial charge on any atom is 0.241 e. The van der Waals surface area contributed by atoms with Gasteiger partial charge >= 0.3 is 0 Å². The minimum absolute atomic E-state index is 0.108. The molecule has 4 N–H and O–H groups in total. The monoisotopic (exact) mass is 276 g/mol. The summed E-state index contributed by atoms with van der Waals surface area (Å²) in [5.74, 6) is -0.780. The van der Waals surface area contributed by atoms with Crippen molar-refractivity contribution in [2.24, 2.45) is 0 Å². The topological polar surface area (TPSA) is 92.4 Å². The molecule has 1 aromatic carbocycles. The lowest BCUT2D eigenvalue weighted by Gasteiger charge is -2.25. The van der Waals surface area contributed by atoms with E-state index in [4.69, 9.17) is 10.8 Å². The van der Waals surface area contributed by atoms with Gasteiger partial charge < -0.3 is 10.8 Å². The predicted octanol–water partition coefficient (Wildman–Crippen LogP) is 0.847. The predicted molar refractivity (Wildman–Crippen MR) is 66.9 cm³/mol. The fourth-order valence-electron chi connectivity index (χ4n) is 1.43. The van der Waals surface area contributed by atoms with E-state index < -0.39 is 21.4 Å². The van der Waals surface area contributed by atoms with E-state index in [0.717, 1.165) is 6.07 Å². The number of hydrogen-bond donors (Lipinski definition) is 3. The van der Waals surface area contributed by atoms with Crippen molar-refractivity contribution in [3.63, 3.8) is 0 Å². The van der Waals surface area contributed by atoms with E-state index in [1.807, 2.05) is 0 Å². The molecule has 0 saturated heterocycles. The van der Waals surface area contributed by atoms with Gasteiger partial charge in [0.1, 0.15) is 5.82 Å². The average molecular weight is 276 g/mol. The van der Waals surface area contributed by atoms with Crippen LogP contribution >= 0.6 is 0 Å². The molecule has 0 spiro atoms. The van der Waals surface area contributed by atoms with Crippen LogP contribution < -0.4 is 10.5 Å². The zero-order valence-electron chi connectivity index (χ0n) is 10.3. The molecule has 0 amide bonds. The zero-order chi connectivity index (χ0) is 14.0. The maximum atomic E-state index is 13.2. The average Bonchev–Trinajstić information content (AvgIpc) is 2.20. The highest BCUT2D eigenvalue weighted by atomic mass is 32.2. The first kappa shape index (κ1) is 14.9. The van der Waals surface area contributed by atoms with E-state index in [9.17, 15) is 12.8 Å². The van der Waals surface area contributed by atoms with E-state index in [-0.39, 0.29) is 23.6 Å². The highest BCUT2D eigenvalue weighted by Crippen LogP contribution is 2.19. The number of sulfonamides is 1. The molecule has 5 nitrogen and oxygen atoms in total. The molecular weight excluding hydrogens is 259 g/mol. The van der Waals surface area contributed by atoms with Crippen molar-refractivity contribution >= 4 is 15.7 Å². The Hall–Kier alpha value is -1.18. The lowest BCUT2D eigenvalue weighted by atomic mass is 10.0. The number of anilines is 1. The summed E-state index contributed by atoms with van der Waals surface area (Å²) in [4.78, 5) is -0.194. The number of nitrogen functional groups attached to an aromatic ring is 1. The maximum absolute atomic E-state index is 13.2. The van der Waals surface area contributed by atoms with E-state index in [1.54, 1.807) is 13.8 Å². The number of aliphatic hydroxyl groups excluding tert-OH is 1. The fraction of sp³-hybridized carbons (Fsp3) is 0.455. The summed E-state index contributed by atoms with van der Waals surface area (Å²) in [5, 5.41) is 8.84. The van der Waals surface area contributed by atoms with Crippen molar-refractivity contribution in [2.45, 2.75) is 30.7 Å². The second-order valence-corrected chi connectivity index (χ2v) is 6.33. The van der Waals surface area contributed by atoms with Gasteiger partial charge in [-0.25, -0.2) is 17.5 Å². The molecular formula is C11H17FN2O3S. The summed E-state index contributed by atoms with van der Waals surface area (Å²) in [6.07, 6.45) is 0.254. The Labute approximate surface area is 106 Å². The normalized spacial score (nSPS) is 12.7. The first-order chi connectivity index (χ1) is 8.18. The highest BCUT2D eigenvalue weighted by Gasteiger charge is 2.26. The summed E-state index contributed by atoms with van der Waals surface area (Å²) < 4.78 is 39.6. The minimum atomic E-state index is -3.84. The van der Waals surface area contributed by atoms with Crippen LogP contribution in [0.15, 0.2) is 23.1 Å². The molecule has 7 heteroatoms. The third-order valence-electron chi connectivity index (χ3n) is 2.43. The van der Waals surface area contributed by atoms with E-state index in [1.165, 1.54) is 12.1 Å². The van der Waals surface area contributed by atoms with Gasteiger partial charge in [0, 0.05) is 12.1 Å². The molecule has 0 aliphatic rings. The number of halogens is 1. The first-order valence-electron chi connectivity index (χ1n) is 5.38. The van der Waals surface area contributed by atoms with Crippen LogP contribution in [0.2, 0.25) is 0 Å². The van der Waals surface area contributed by atoms with E-state index in [2.05, 4.69) is 4.72 Å². The lowest BCUT2D eigenvalue weighted by molar-refractivity contribution is 0.245. The standard InChI is InChI=1S/C11H17FN2O3S/c1-11(2,5-6-15)14-18(16,17)8-3-4-10(13)9(12)7-8/h3-4,7,14-15H,5-6,13H2,1-2H3. The van der Waals surface area contributed by atoms with Crippen LogP contribution in [-0.4, -0.2) is 25.7 Å². The molecule has 0 atom stereocenters. The van der Waals surface area contributed by atoms with Crippen molar-refractivity contribution in [3.8, 4) is 0 Å². The Bertz CT molecular complexity index is 529. The van der Waals surface area contributed by atoms with Crippen LogP contribution in [0.1, 0.15) is 20.3 Å². The number of nitrogens with one attached hydrogen (secondary N) is 1. The number of hydrogen-bond acceptors (Lipinski definition) is 4. The molecule has 0 bridgehead atoms. The molecule has 0 fully saturated rings. The molecule has 0 aromatic heterocycles. The van der Waals surface area contributed by atoms with Crippen LogP contribution in [0.5, 0.6) is 0 Å². The van der Waals surface area contributed by atoms with Gasteiger partial charge in [-0.3, -0.25) is 0 Å². The van der Waals surface area contributed by atoms with Gasteiger partial charge in [-0.05, 0) is 38.5 Å². The Kier molecular flexibility index (Phi) is 4.31. The Balaban J connectivity index is 3.03. The van der Waals surface area contributed by atoms with Crippen LogP contribution in [0.25, 0.3) is 0 Å². The molecule has 0 unspecified atom stereocenters. The molecule has 102 valence electrons. The van der Waals surface area contributed by atoms with Crippen molar-refractivity contribution in [2.75, 3.05) is 12.3 Å². The van der Waals surface area contributed by atoms with Crippen molar-refractivity contribution < 1.29 is 17.9 Å². The number of nitrogens with two attached hydrogens (primary N) is 1. The summed E-state index contributed by atoms with van der Waals surface area (Å²) in [6.45, 7) is 3.12. The van der Waals surface area contributed by atoms with Gasteiger partial charge in [0.25, 0.3) is 0 Å². The van der Waals surface area contributed by atoms with Crippen LogP contribution in [0.4, 0.5) is 10.1 Å². The first-order valence-corrected chi connectivity index (χ1v) is 6.86. The quantitative estimate of drug-likeness (QED) is 0.695. The molecule has 0 heterocycles. The molecule has 0 aliphatic carbocycles. The number of rotatable bonds is 5. The van der Waals surface area contributed by atoms with Gasteiger partial charge in [-0.15, -0.1) is 0 Å². The highest BCUT2D eigenvalue weighted by molar-refractivity contribution is 7.89. The van der Waals surface area contributed by atoms with Crippen molar-refractivity contribution in [1.29, 1.82) is 0 Å². The molecule has 0 radical (unpaired) electrons. The van der Waals surface area contributed by atoms with E-state index in [0.29, 0.717) is 0 Å². The fourth-order valence-corrected chi connectivity index (χ4v) is 2.88. The van der Waals surface area contributed by atoms with Crippen molar-refractivity contribution in [3.05, 3.63) is 24.0 Å². The van der Waals surface area contributed by atoms with Crippen LogP contribution in [0.3, 0.4) is 0 Å². The zero-order valence-corrected chi connectivity index (χ0v) is 11.1. The van der Waals surface area contributed by atoms with Gasteiger partial charge in [0.2, 0.25) is 10.0 Å². The van der Waals surface area contributed by atoms with Gasteiger partial charge in [-0.1, -0.05) is 0 Å².